The number of sulfone groups is 2. The van der Waals surface area contributed by atoms with E-state index in [-0.39, 0.29) is 6.54 Å². The number of hydrogen-bond donors (Lipinski definition) is 2. The number of aliphatic carboxylic acids is 1. The van der Waals surface area contributed by atoms with E-state index < -0.39 is 59.1 Å². The third-order valence-electron chi connectivity index (χ3n) is 5.06. The second-order valence-corrected chi connectivity index (χ2v) is 11.5. The van der Waals surface area contributed by atoms with Crippen molar-refractivity contribution in [2.45, 2.75) is 47.8 Å². The maximum absolute atomic E-state index is 13.2. The van der Waals surface area contributed by atoms with E-state index >= 15 is 0 Å². The zero-order valence-electron chi connectivity index (χ0n) is 16.8. The maximum atomic E-state index is 13.2. The Labute approximate surface area is 182 Å². The summed E-state index contributed by atoms with van der Waals surface area (Å²) in [5.41, 5.74) is -0.116. The molecule has 0 fully saturated rings. The van der Waals surface area contributed by atoms with Crippen molar-refractivity contribution in [2.75, 3.05) is 12.1 Å². The third-order valence-corrected chi connectivity index (χ3v) is 7.65. The van der Waals surface area contributed by atoms with Crippen LogP contribution in [0.3, 0.4) is 0 Å². The highest BCUT2D eigenvalue weighted by Crippen LogP contribution is 2.34. The van der Waals surface area contributed by atoms with E-state index in [0.717, 1.165) is 0 Å². The molecule has 3 rings (SSSR count). The summed E-state index contributed by atoms with van der Waals surface area (Å²) in [5.74, 6) is -1.83. The predicted molar refractivity (Wildman–Crippen MR) is 105 cm³/mol. The molecule has 1 aromatic carbocycles. The maximum Gasteiger partial charge on any atom is 0.416 e. The molecule has 2 aromatic rings. The summed E-state index contributed by atoms with van der Waals surface area (Å²) < 4.78 is 90.0. The summed E-state index contributed by atoms with van der Waals surface area (Å²) in [6, 6.07) is 1.00. The number of carboxylic acid groups (broad SMARTS) is 1. The molecule has 0 spiro atoms. The molecule has 0 radical (unpaired) electrons. The van der Waals surface area contributed by atoms with Gasteiger partial charge in [-0.05, 0) is 37.5 Å². The van der Waals surface area contributed by atoms with Crippen molar-refractivity contribution >= 4 is 25.6 Å². The molecule has 1 aliphatic carbocycles. The zero-order chi connectivity index (χ0) is 23.9. The number of aromatic nitrogens is 2. The summed E-state index contributed by atoms with van der Waals surface area (Å²) in [6.07, 6.45) is -1.12. The van der Waals surface area contributed by atoms with Crippen molar-refractivity contribution in [3.63, 3.8) is 0 Å². The van der Waals surface area contributed by atoms with Gasteiger partial charge in [-0.25, -0.2) is 16.8 Å². The molecular formula is C18H20F3N3O6S2. The monoisotopic (exact) mass is 495 g/mol. The van der Waals surface area contributed by atoms with Crippen LogP contribution in [0.25, 0.3) is 0 Å². The number of alkyl halides is 3. The lowest BCUT2D eigenvalue weighted by Gasteiger charge is -2.24. The molecule has 0 bridgehead atoms. The fourth-order valence-electron chi connectivity index (χ4n) is 3.52. The lowest BCUT2D eigenvalue weighted by molar-refractivity contribution is -0.138. The first-order valence-corrected chi connectivity index (χ1v) is 12.9. The average Bonchev–Trinajstić information content (AvgIpc) is 3.07. The Morgan fingerprint density at radius 3 is 2.47 bits per heavy atom. The Bertz CT molecular complexity index is 1250. The topological polar surface area (TPSA) is 135 Å². The first-order valence-electron chi connectivity index (χ1n) is 9.33. The Kier molecular flexibility index (Phi) is 6.41. The molecule has 14 heteroatoms. The quantitative estimate of drug-likeness (QED) is 0.594. The molecule has 0 aliphatic heterocycles. The Balaban J connectivity index is 1.89. The van der Waals surface area contributed by atoms with Gasteiger partial charge in [0.1, 0.15) is 12.4 Å². The van der Waals surface area contributed by atoms with Gasteiger partial charge in [0.2, 0.25) is 0 Å². The average molecular weight is 496 g/mol. The molecule has 0 unspecified atom stereocenters. The van der Waals surface area contributed by atoms with E-state index in [1.54, 1.807) is 0 Å². The minimum Gasteiger partial charge on any atom is -0.480 e. The molecule has 1 aliphatic rings. The molecule has 1 heterocycles. The minimum absolute atomic E-state index is 0.348. The van der Waals surface area contributed by atoms with E-state index in [2.05, 4.69) is 10.4 Å². The first kappa shape index (κ1) is 24.2. The van der Waals surface area contributed by atoms with Crippen molar-refractivity contribution in [3.8, 4) is 0 Å². The summed E-state index contributed by atoms with van der Waals surface area (Å²) in [5, 5.41) is 15.8. The second-order valence-electron chi connectivity index (χ2n) is 7.47. The van der Waals surface area contributed by atoms with E-state index in [1.165, 1.54) is 10.9 Å². The molecule has 0 saturated carbocycles. The summed E-state index contributed by atoms with van der Waals surface area (Å²) in [6.45, 7) is -0.348. The highest BCUT2D eigenvalue weighted by molar-refractivity contribution is 7.92. The fourth-order valence-corrected chi connectivity index (χ4v) is 5.47. The molecule has 32 heavy (non-hydrogen) atoms. The largest absolute Gasteiger partial charge is 0.480 e. The number of nitrogens with zero attached hydrogens (tertiary/aromatic N) is 2. The van der Waals surface area contributed by atoms with Crippen molar-refractivity contribution in [1.29, 1.82) is 0 Å². The van der Waals surface area contributed by atoms with E-state index in [1.807, 2.05) is 0 Å². The normalized spacial score (nSPS) is 17.2. The predicted octanol–water partition coefficient (Wildman–Crippen LogP) is 1.79. The van der Waals surface area contributed by atoms with Gasteiger partial charge < -0.3 is 5.11 Å². The molecule has 2 N–H and O–H groups in total. The lowest BCUT2D eigenvalue weighted by atomic mass is 9.93. The van der Waals surface area contributed by atoms with Gasteiger partial charge in [0, 0.05) is 23.6 Å². The highest BCUT2D eigenvalue weighted by Gasteiger charge is 2.34. The van der Waals surface area contributed by atoms with Crippen LogP contribution in [0.5, 0.6) is 0 Å². The van der Waals surface area contributed by atoms with Gasteiger partial charge in [-0.2, -0.15) is 18.3 Å². The van der Waals surface area contributed by atoms with Crippen LogP contribution in [-0.4, -0.2) is 49.8 Å². The van der Waals surface area contributed by atoms with Crippen LogP contribution in [0.1, 0.15) is 35.7 Å². The Morgan fingerprint density at radius 2 is 1.88 bits per heavy atom. The number of carboxylic acids is 1. The summed E-state index contributed by atoms with van der Waals surface area (Å²) in [7, 11) is -8.43. The molecule has 0 saturated heterocycles. The van der Waals surface area contributed by atoms with Crippen molar-refractivity contribution < 1.29 is 39.9 Å². The van der Waals surface area contributed by atoms with Crippen LogP contribution in [0, 0.1) is 0 Å². The fraction of sp³-hybridized carbons (Fsp3) is 0.444. The molecule has 0 amide bonds. The number of halogens is 3. The standard InChI is InChI=1S/C18H20F3N3O6S2/c1-31(27,28)12-5-11(18(19,20)21)6-13(7-12)32(29,30)10-22-15-3-2-4-16-14(15)8-23-24(16)9-17(25)26/h5-8,15,22H,2-4,9-10H2,1H3,(H,25,26)/t15-/m1/s1. The highest BCUT2D eigenvalue weighted by atomic mass is 32.2. The molecule has 1 atom stereocenters. The zero-order valence-corrected chi connectivity index (χ0v) is 18.4. The van der Waals surface area contributed by atoms with Crippen LogP contribution >= 0.6 is 0 Å². The number of benzene rings is 1. The summed E-state index contributed by atoms with van der Waals surface area (Å²) in [4.78, 5) is 9.45. The second kappa shape index (κ2) is 8.48. The van der Waals surface area contributed by atoms with E-state index in [9.17, 15) is 34.8 Å². The van der Waals surface area contributed by atoms with E-state index in [4.69, 9.17) is 5.11 Å². The van der Waals surface area contributed by atoms with Gasteiger partial charge in [-0.3, -0.25) is 14.8 Å². The number of nitrogens with one attached hydrogen (secondary N) is 1. The van der Waals surface area contributed by atoms with Gasteiger partial charge in [-0.1, -0.05) is 0 Å². The molecular weight excluding hydrogens is 475 g/mol. The third kappa shape index (κ3) is 5.30. The van der Waals surface area contributed by atoms with Crippen molar-refractivity contribution in [2.24, 2.45) is 0 Å². The van der Waals surface area contributed by atoms with Crippen LogP contribution in [0.2, 0.25) is 0 Å². The van der Waals surface area contributed by atoms with Crippen LogP contribution in [-0.2, 0) is 43.6 Å². The number of rotatable bonds is 7. The molecule has 1 aromatic heterocycles. The van der Waals surface area contributed by atoms with E-state index in [0.29, 0.717) is 55.0 Å². The van der Waals surface area contributed by atoms with Crippen LogP contribution in [0.15, 0.2) is 34.2 Å². The summed E-state index contributed by atoms with van der Waals surface area (Å²) >= 11 is 0. The Morgan fingerprint density at radius 1 is 1.22 bits per heavy atom. The van der Waals surface area contributed by atoms with Crippen molar-refractivity contribution in [1.82, 2.24) is 15.1 Å². The molecule has 9 nitrogen and oxygen atoms in total. The van der Waals surface area contributed by atoms with Crippen molar-refractivity contribution in [3.05, 3.63) is 41.2 Å². The number of hydrogen-bond acceptors (Lipinski definition) is 7. The van der Waals surface area contributed by atoms with Gasteiger partial charge in [-0.15, -0.1) is 0 Å². The van der Waals surface area contributed by atoms with Gasteiger partial charge >= 0.3 is 12.1 Å². The SMILES string of the molecule is CS(=O)(=O)c1cc(C(F)(F)F)cc(S(=O)(=O)CN[C@@H]2CCCc3c2cnn3CC(=O)O)c1. The molecule has 176 valence electrons. The van der Waals surface area contributed by atoms with Gasteiger partial charge in [0.15, 0.2) is 19.7 Å². The number of fused-ring (bicyclic) bond motifs is 1. The smallest absolute Gasteiger partial charge is 0.416 e. The number of carbonyl (C=O) groups is 1. The minimum atomic E-state index is -4.94. The van der Waals surface area contributed by atoms with Gasteiger partial charge in [0.05, 0.1) is 21.6 Å². The lowest BCUT2D eigenvalue weighted by Crippen LogP contribution is -2.30. The van der Waals surface area contributed by atoms with Crippen LogP contribution < -0.4 is 5.32 Å². The first-order chi connectivity index (χ1) is 14.7. The van der Waals surface area contributed by atoms with Gasteiger partial charge in [0.25, 0.3) is 0 Å². The Hall–Kier alpha value is -2.45. The van der Waals surface area contributed by atoms with Crippen LogP contribution in [0.4, 0.5) is 13.2 Å².